The van der Waals surface area contributed by atoms with E-state index < -0.39 is 8.07 Å². The fourth-order valence-corrected chi connectivity index (χ4v) is 3.45. The number of aldehydes is 1. The summed E-state index contributed by atoms with van der Waals surface area (Å²) in [4.78, 5) is 11.7. The van der Waals surface area contributed by atoms with E-state index in [2.05, 4.69) is 35.6 Å². The lowest BCUT2D eigenvalue weighted by Gasteiger charge is -2.18. The number of halogens is 2. The number of carbonyl (C=O) groups excluding carboxylic acids is 1. The van der Waals surface area contributed by atoms with Crippen molar-refractivity contribution in [2.75, 3.05) is 12.6 Å². The summed E-state index contributed by atoms with van der Waals surface area (Å²) >= 11 is 8.97. The highest BCUT2D eigenvalue weighted by atomic mass is 79.9. The zero-order valence-electron chi connectivity index (χ0n) is 18.3. The summed E-state index contributed by atoms with van der Waals surface area (Å²) in [5.41, 5.74) is 2.76. The van der Waals surface area contributed by atoms with E-state index in [0.717, 1.165) is 46.0 Å². The molecule has 0 saturated heterocycles. The summed E-state index contributed by atoms with van der Waals surface area (Å²) in [6, 6.07) is 13.6. The molecule has 0 bridgehead atoms. The van der Waals surface area contributed by atoms with Crippen molar-refractivity contribution in [3.05, 3.63) is 58.1 Å². The van der Waals surface area contributed by atoms with Crippen molar-refractivity contribution in [2.45, 2.75) is 57.3 Å². The van der Waals surface area contributed by atoms with Crippen LogP contribution in [0.4, 0.5) is 0 Å². The van der Waals surface area contributed by atoms with Crippen molar-refractivity contribution >= 4 is 41.9 Å². The molecule has 30 heavy (non-hydrogen) atoms. The molecule has 0 aromatic heterocycles. The van der Waals surface area contributed by atoms with Crippen LogP contribution in [0.3, 0.4) is 0 Å². The molecule has 1 unspecified atom stereocenters. The topological polar surface area (TPSA) is 35.5 Å². The van der Waals surface area contributed by atoms with E-state index in [9.17, 15) is 4.79 Å². The Morgan fingerprint density at radius 3 is 2.13 bits per heavy atom. The second-order valence-electron chi connectivity index (χ2n) is 8.79. The lowest BCUT2D eigenvalue weighted by molar-refractivity contribution is -0.108. The van der Waals surface area contributed by atoms with Gasteiger partial charge in [-0.2, -0.15) is 0 Å². The first-order valence-electron chi connectivity index (χ1n) is 10.4. The quantitative estimate of drug-likeness (QED) is 0.224. The average molecular weight is 512 g/mol. The zero-order chi connectivity index (χ0) is 22.1. The van der Waals surface area contributed by atoms with Crippen LogP contribution in [-0.2, 0) is 4.79 Å². The molecule has 164 valence electrons. The van der Waals surface area contributed by atoms with Crippen LogP contribution in [0.5, 0.6) is 11.5 Å². The lowest BCUT2D eigenvalue weighted by atomic mass is 9.92. The van der Waals surface area contributed by atoms with Gasteiger partial charge in [0.25, 0.3) is 0 Å². The Balaban J connectivity index is 0.000000469. The lowest BCUT2D eigenvalue weighted by Crippen LogP contribution is -2.21. The maximum Gasteiger partial charge on any atom is 0.161 e. The molecule has 1 aliphatic carbocycles. The van der Waals surface area contributed by atoms with E-state index in [0.29, 0.717) is 5.75 Å². The van der Waals surface area contributed by atoms with Gasteiger partial charge < -0.3 is 14.3 Å². The summed E-state index contributed by atoms with van der Waals surface area (Å²) in [5, 5.41) is 0. The third-order valence-electron chi connectivity index (χ3n) is 4.91. The van der Waals surface area contributed by atoms with Crippen LogP contribution >= 0.6 is 27.5 Å². The van der Waals surface area contributed by atoms with Gasteiger partial charge >= 0.3 is 0 Å². The molecule has 1 saturated carbocycles. The molecular weight excluding hydrogens is 480 g/mol. The van der Waals surface area contributed by atoms with E-state index in [1.165, 1.54) is 12.8 Å². The largest absolute Gasteiger partial charge is 0.493 e. The first-order chi connectivity index (χ1) is 14.3. The molecule has 0 N–H and O–H groups in total. The SMILES string of the molecule is COc1ccc(C(C=O)c2ccc(Br)cc2)cc1OC1CCCC1.C[Si](C)(C)CCl. The minimum absolute atomic E-state index is 0.247. The molecule has 6 heteroatoms. The van der Waals surface area contributed by atoms with Gasteiger partial charge in [-0.05, 0) is 61.1 Å². The number of benzene rings is 2. The third kappa shape index (κ3) is 7.75. The van der Waals surface area contributed by atoms with Gasteiger partial charge in [0.1, 0.15) is 6.29 Å². The number of methoxy groups -OCH3 is 1. The van der Waals surface area contributed by atoms with Gasteiger partial charge in [0, 0.05) is 9.98 Å². The maximum absolute atomic E-state index is 11.7. The fourth-order valence-electron chi connectivity index (χ4n) is 3.18. The van der Waals surface area contributed by atoms with Crippen molar-refractivity contribution in [1.29, 1.82) is 0 Å². The highest BCUT2D eigenvalue weighted by molar-refractivity contribution is 9.10. The van der Waals surface area contributed by atoms with Crippen molar-refractivity contribution in [3.63, 3.8) is 0 Å². The van der Waals surface area contributed by atoms with Crippen LogP contribution in [0.15, 0.2) is 46.9 Å². The Hall–Kier alpha value is -1.30. The minimum atomic E-state index is -0.866. The minimum Gasteiger partial charge on any atom is -0.493 e. The van der Waals surface area contributed by atoms with Crippen LogP contribution in [0.1, 0.15) is 42.7 Å². The van der Waals surface area contributed by atoms with E-state index in [-0.39, 0.29) is 12.0 Å². The van der Waals surface area contributed by atoms with Gasteiger partial charge in [0.05, 0.1) is 27.2 Å². The number of carbonyl (C=O) groups is 1. The van der Waals surface area contributed by atoms with Gasteiger partial charge in [-0.1, -0.05) is 53.8 Å². The molecule has 1 fully saturated rings. The molecular formula is C24H32BrClO3Si. The predicted octanol–water partition coefficient (Wildman–Crippen LogP) is 7.21. The number of hydrogen-bond donors (Lipinski definition) is 0. The summed E-state index contributed by atoms with van der Waals surface area (Å²) in [5.74, 6) is 1.13. The second kappa shape index (κ2) is 11.9. The molecule has 1 atom stereocenters. The number of alkyl halides is 1. The van der Waals surface area contributed by atoms with Gasteiger partial charge in [-0.3, -0.25) is 0 Å². The van der Waals surface area contributed by atoms with Gasteiger partial charge in [-0.25, -0.2) is 0 Å². The van der Waals surface area contributed by atoms with Crippen LogP contribution in [0, 0.1) is 0 Å². The predicted molar refractivity (Wildman–Crippen MR) is 132 cm³/mol. The van der Waals surface area contributed by atoms with E-state index in [4.69, 9.17) is 21.1 Å². The summed E-state index contributed by atoms with van der Waals surface area (Å²) in [7, 11) is 0.776. The third-order valence-corrected chi connectivity index (χ3v) is 8.64. The fraction of sp³-hybridized carbons (Fsp3) is 0.458. The van der Waals surface area contributed by atoms with E-state index in [1.807, 2.05) is 42.5 Å². The van der Waals surface area contributed by atoms with E-state index in [1.54, 1.807) is 7.11 Å². The van der Waals surface area contributed by atoms with Gasteiger partial charge in [-0.15, -0.1) is 11.6 Å². The molecule has 1 aliphatic rings. The summed E-state index contributed by atoms with van der Waals surface area (Å²) in [6.07, 6.45) is 5.81. The van der Waals surface area contributed by atoms with Gasteiger partial charge in [0.2, 0.25) is 0 Å². The van der Waals surface area contributed by atoms with Crippen LogP contribution in [0.2, 0.25) is 19.6 Å². The Morgan fingerprint density at radius 2 is 1.63 bits per heavy atom. The molecule has 0 spiro atoms. The second-order valence-corrected chi connectivity index (χ2v) is 15.9. The first kappa shape index (κ1) is 25.0. The maximum atomic E-state index is 11.7. The van der Waals surface area contributed by atoms with Gasteiger partial charge in [0.15, 0.2) is 11.5 Å². The molecule has 2 aromatic carbocycles. The van der Waals surface area contributed by atoms with Crippen LogP contribution < -0.4 is 9.47 Å². The Labute approximate surface area is 195 Å². The molecule has 0 amide bonds. The standard InChI is InChI=1S/C20H21BrO3.C4H11ClSi/c1-23-19-11-8-15(12-20(19)24-17-4-2-3-5-17)18(13-22)14-6-9-16(21)10-7-14;1-6(2,3)4-5/h6-13,17-18H,2-5H2,1H3;4H2,1-3H3. The highest BCUT2D eigenvalue weighted by Crippen LogP contribution is 2.35. The first-order valence-corrected chi connectivity index (χ1v) is 15.4. The Bertz CT molecular complexity index is 799. The number of rotatable bonds is 7. The monoisotopic (exact) mass is 510 g/mol. The summed E-state index contributed by atoms with van der Waals surface area (Å²) in [6.45, 7) is 6.75. The van der Waals surface area contributed by atoms with Crippen LogP contribution in [0.25, 0.3) is 0 Å². The van der Waals surface area contributed by atoms with Crippen molar-refractivity contribution in [2.24, 2.45) is 0 Å². The molecule has 3 rings (SSSR count). The Morgan fingerprint density at radius 1 is 1.07 bits per heavy atom. The van der Waals surface area contributed by atoms with E-state index >= 15 is 0 Å². The van der Waals surface area contributed by atoms with Crippen LogP contribution in [-0.4, -0.2) is 33.1 Å². The molecule has 0 heterocycles. The zero-order valence-corrected chi connectivity index (χ0v) is 21.6. The van der Waals surface area contributed by atoms with Crippen molar-refractivity contribution in [1.82, 2.24) is 0 Å². The Kier molecular flexibility index (Phi) is 9.92. The smallest absolute Gasteiger partial charge is 0.161 e. The number of hydrogen-bond acceptors (Lipinski definition) is 3. The van der Waals surface area contributed by atoms with Crippen molar-refractivity contribution < 1.29 is 14.3 Å². The summed E-state index contributed by atoms with van der Waals surface area (Å²) < 4.78 is 12.6. The van der Waals surface area contributed by atoms with Crippen molar-refractivity contribution in [3.8, 4) is 11.5 Å². The number of ether oxygens (including phenoxy) is 2. The molecule has 0 radical (unpaired) electrons. The highest BCUT2D eigenvalue weighted by Gasteiger charge is 2.21. The molecule has 3 nitrogen and oxygen atoms in total. The average Bonchev–Trinajstić information content (AvgIpc) is 3.23. The molecule has 0 aliphatic heterocycles. The molecule has 2 aromatic rings. The normalized spacial score (nSPS) is 15.1.